The van der Waals surface area contributed by atoms with Crippen LogP contribution in [-0.2, 0) is 0 Å². The number of alkyl halides is 3. The predicted molar refractivity (Wildman–Crippen MR) is 83.1 cm³/mol. The highest BCUT2D eigenvalue weighted by Crippen LogP contribution is 2.58. The van der Waals surface area contributed by atoms with Crippen LogP contribution < -0.4 is 0 Å². The smallest absolute Gasteiger partial charge is 0.194 e. The maximum Gasteiger partial charge on any atom is 0.194 e. The molecule has 2 fully saturated rings. The van der Waals surface area contributed by atoms with Crippen LogP contribution in [0.15, 0.2) is 12.1 Å². The van der Waals surface area contributed by atoms with E-state index in [9.17, 15) is 17.6 Å². The van der Waals surface area contributed by atoms with Gasteiger partial charge in [0.15, 0.2) is 23.1 Å². The molecule has 0 bridgehead atoms. The molecule has 0 radical (unpaired) electrons. The molecule has 1 aromatic rings. The fraction of sp³-hybridized carbons (Fsp3) is 0.684. The summed E-state index contributed by atoms with van der Waals surface area (Å²) in [7, 11) is 0. The summed E-state index contributed by atoms with van der Waals surface area (Å²) in [6.07, 6.45) is -1.23. The number of hydrogen-bond donors (Lipinski definition) is 0. The van der Waals surface area contributed by atoms with Gasteiger partial charge in [0.25, 0.3) is 0 Å². The minimum atomic E-state index is -2.56. The molecule has 2 aliphatic rings. The van der Waals surface area contributed by atoms with Crippen molar-refractivity contribution >= 4 is 0 Å². The zero-order valence-electron chi connectivity index (χ0n) is 14.1. The second-order valence-corrected chi connectivity index (χ2v) is 7.56. The Morgan fingerprint density at radius 1 is 1.04 bits per heavy atom. The van der Waals surface area contributed by atoms with E-state index in [1.807, 2.05) is 6.92 Å². The maximum absolute atomic E-state index is 15.3. The molecular formula is C19H22F6. The topological polar surface area (TPSA) is 0 Å². The fourth-order valence-electron chi connectivity index (χ4n) is 4.68. The highest BCUT2D eigenvalue weighted by Gasteiger charge is 2.66. The van der Waals surface area contributed by atoms with Crippen molar-refractivity contribution in [3.05, 3.63) is 35.1 Å². The molecule has 2 saturated carbocycles. The van der Waals surface area contributed by atoms with Crippen LogP contribution in [0.25, 0.3) is 0 Å². The highest BCUT2D eigenvalue weighted by molar-refractivity contribution is 5.25. The molecule has 0 nitrogen and oxygen atoms in total. The lowest BCUT2D eigenvalue weighted by atomic mass is 9.84. The first kappa shape index (κ1) is 18.6. The minimum absolute atomic E-state index is 0.0753. The van der Waals surface area contributed by atoms with Crippen molar-refractivity contribution < 1.29 is 26.3 Å². The molecule has 0 saturated heterocycles. The molecule has 2 aliphatic carbocycles. The molecule has 1 aromatic carbocycles. The summed E-state index contributed by atoms with van der Waals surface area (Å²) in [5.74, 6) is -5.36. The van der Waals surface area contributed by atoms with E-state index in [4.69, 9.17) is 0 Å². The average Bonchev–Trinajstić information content (AvgIpc) is 2.67. The third-order valence-corrected chi connectivity index (χ3v) is 6.06. The zero-order valence-corrected chi connectivity index (χ0v) is 14.1. The Balaban J connectivity index is 1.84. The van der Waals surface area contributed by atoms with Crippen LogP contribution in [0.5, 0.6) is 0 Å². The zero-order chi connectivity index (χ0) is 18.4. The van der Waals surface area contributed by atoms with Crippen LogP contribution in [0, 0.1) is 23.4 Å². The summed E-state index contributed by atoms with van der Waals surface area (Å²) in [5.41, 5.74) is -4.64. The van der Waals surface area contributed by atoms with Gasteiger partial charge < -0.3 is 0 Å². The van der Waals surface area contributed by atoms with Gasteiger partial charge in [-0.1, -0.05) is 13.3 Å². The quantitative estimate of drug-likeness (QED) is 0.434. The second-order valence-electron chi connectivity index (χ2n) is 7.56. The van der Waals surface area contributed by atoms with Crippen molar-refractivity contribution in [2.24, 2.45) is 5.92 Å². The van der Waals surface area contributed by atoms with E-state index >= 15 is 8.78 Å². The number of benzene rings is 1. The Morgan fingerprint density at radius 3 is 2.24 bits per heavy atom. The van der Waals surface area contributed by atoms with E-state index in [1.54, 1.807) is 0 Å². The first-order chi connectivity index (χ1) is 11.7. The maximum atomic E-state index is 15.3. The molecule has 0 amide bonds. The van der Waals surface area contributed by atoms with Gasteiger partial charge >= 0.3 is 0 Å². The van der Waals surface area contributed by atoms with Crippen molar-refractivity contribution in [2.75, 3.05) is 0 Å². The number of fused-ring (bicyclic) bond motifs is 1. The van der Waals surface area contributed by atoms with Gasteiger partial charge in [0.05, 0.1) is 0 Å². The predicted octanol–water partition coefficient (Wildman–Crippen LogP) is 6.34. The lowest BCUT2D eigenvalue weighted by Crippen LogP contribution is -2.47. The van der Waals surface area contributed by atoms with Crippen LogP contribution in [0.2, 0.25) is 0 Å². The molecule has 0 heterocycles. The van der Waals surface area contributed by atoms with Crippen LogP contribution in [0.4, 0.5) is 26.3 Å². The van der Waals surface area contributed by atoms with Crippen LogP contribution >= 0.6 is 0 Å². The average molecular weight is 364 g/mol. The normalized spacial score (nSPS) is 38.4. The van der Waals surface area contributed by atoms with Crippen molar-refractivity contribution in [3.63, 3.8) is 0 Å². The van der Waals surface area contributed by atoms with Gasteiger partial charge in [-0.05, 0) is 68.1 Å². The van der Waals surface area contributed by atoms with E-state index < -0.39 is 46.8 Å². The van der Waals surface area contributed by atoms with Crippen molar-refractivity contribution in [1.29, 1.82) is 0 Å². The number of hydrogen-bond acceptors (Lipinski definition) is 0. The lowest BCUT2D eigenvalue weighted by Gasteiger charge is -2.32. The number of halogens is 6. The summed E-state index contributed by atoms with van der Waals surface area (Å²) in [5, 5.41) is 0. The molecule has 140 valence electrons. The van der Waals surface area contributed by atoms with Gasteiger partial charge in [-0.2, -0.15) is 0 Å². The van der Waals surface area contributed by atoms with Gasteiger partial charge in [0.2, 0.25) is 0 Å². The number of rotatable bonds is 3. The molecule has 0 aliphatic heterocycles. The summed E-state index contributed by atoms with van der Waals surface area (Å²) in [6, 6.07) is 1.74. The van der Waals surface area contributed by atoms with E-state index in [2.05, 4.69) is 0 Å². The van der Waals surface area contributed by atoms with Gasteiger partial charge in [-0.15, -0.1) is 0 Å². The summed E-state index contributed by atoms with van der Waals surface area (Å²) < 4.78 is 85.3. The summed E-state index contributed by atoms with van der Waals surface area (Å²) in [4.78, 5) is 0. The minimum Gasteiger partial charge on any atom is -0.244 e. The van der Waals surface area contributed by atoms with Crippen molar-refractivity contribution in [1.82, 2.24) is 0 Å². The molecule has 0 N–H and O–H groups in total. The molecular weight excluding hydrogens is 342 g/mol. The van der Waals surface area contributed by atoms with Crippen molar-refractivity contribution in [3.8, 4) is 0 Å². The standard InChI is InChI=1S/C19H22F6/c1-2-3-12-10-18(24)6-4-11(5-7-19(18,25)17(12)23)13-8-14(20)16(22)15(21)9-13/h8-9,11-12,17H,2-7,10H2,1H3. The van der Waals surface area contributed by atoms with E-state index in [-0.39, 0.29) is 37.7 Å². The Morgan fingerprint density at radius 2 is 1.64 bits per heavy atom. The molecule has 25 heavy (non-hydrogen) atoms. The first-order valence-corrected chi connectivity index (χ1v) is 8.88. The first-order valence-electron chi connectivity index (χ1n) is 8.88. The van der Waals surface area contributed by atoms with E-state index in [0.29, 0.717) is 12.8 Å². The van der Waals surface area contributed by atoms with Crippen LogP contribution in [0.1, 0.15) is 63.4 Å². The fourth-order valence-corrected chi connectivity index (χ4v) is 4.68. The summed E-state index contributed by atoms with van der Waals surface area (Å²) >= 11 is 0. The highest BCUT2D eigenvalue weighted by atomic mass is 19.2. The SMILES string of the molecule is CCCC1CC2(F)CCC(c3cc(F)c(F)c(F)c3)CCC2(F)C1F. The largest absolute Gasteiger partial charge is 0.244 e. The summed E-state index contributed by atoms with van der Waals surface area (Å²) in [6.45, 7) is 1.85. The molecule has 0 spiro atoms. The Kier molecular flexibility index (Phi) is 4.84. The molecule has 3 rings (SSSR count). The Hall–Kier alpha value is -1.20. The van der Waals surface area contributed by atoms with Gasteiger partial charge in [0, 0.05) is 0 Å². The van der Waals surface area contributed by atoms with Gasteiger partial charge in [0.1, 0.15) is 11.8 Å². The molecule has 5 unspecified atom stereocenters. The lowest BCUT2D eigenvalue weighted by molar-refractivity contribution is -0.0565. The third kappa shape index (κ3) is 2.95. The van der Waals surface area contributed by atoms with E-state index in [1.165, 1.54) is 0 Å². The molecule has 0 aromatic heterocycles. The third-order valence-electron chi connectivity index (χ3n) is 6.06. The molecule has 5 atom stereocenters. The van der Waals surface area contributed by atoms with Crippen LogP contribution in [-0.4, -0.2) is 17.5 Å². The van der Waals surface area contributed by atoms with E-state index in [0.717, 1.165) is 12.1 Å². The Bertz CT molecular complexity index is 624. The monoisotopic (exact) mass is 364 g/mol. The van der Waals surface area contributed by atoms with Gasteiger partial charge in [-0.3, -0.25) is 0 Å². The molecule has 6 heteroatoms. The Labute approximate surface area is 143 Å². The van der Waals surface area contributed by atoms with Crippen molar-refractivity contribution in [2.45, 2.75) is 75.3 Å². The second kappa shape index (κ2) is 6.51. The van der Waals surface area contributed by atoms with Gasteiger partial charge in [-0.25, -0.2) is 26.3 Å². The van der Waals surface area contributed by atoms with Crippen LogP contribution in [0.3, 0.4) is 0 Å².